The number of aromatic nitrogens is 2. The Kier molecular flexibility index (Phi) is 5.50. The van der Waals surface area contributed by atoms with Crippen LogP contribution in [0.25, 0.3) is 0 Å². The summed E-state index contributed by atoms with van der Waals surface area (Å²) in [6, 6.07) is 3.93. The Labute approximate surface area is 146 Å². The van der Waals surface area contributed by atoms with Crippen molar-refractivity contribution in [3.63, 3.8) is 0 Å². The molecular formula is C17H24N4O4. The van der Waals surface area contributed by atoms with E-state index in [1.807, 2.05) is 19.1 Å². The van der Waals surface area contributed by atoms with Crippen molar-refractivity contribution in [1.82, 2.24) is 20.4 Å². The molecule has 3 rings (SSSR count). The van der Waals surface area contributed by atoms with Gasteiger partial charge in [-0.25, -0.2) is 0 Å². The highest BCUT2D eigenvalue weighted by atomic mass is 16.5. The van der Waals surface area contributed by atoms with E-state index >= 15 is 0 Å². The monoisotopic (exact) mass is 348 g/mol. The first-order valence-corrected chi connectivity index (χ1v) is 8.41. The lowest BCUT2D eigenvalue weighted by Gasteiger charge is -2.17. The maximum atomic E-state index is 11.5. The molecule has 2 aromatic heterocycles. The summed E-state index contributed by atoms with van der Waals surface area (Å²) in [5.41, 5.74) is 0. The molecule has 1 fully saturated rings. The molecular weight excluding hydrogens is 324 g/mol. The largest absolute Gasteiger partial charge is 0.466 e. The van der Waals surface area contributed by atoms with Gasteiger partial charge in [0.2, 0.25) is 11.8 Å². The van der Waals surface area contributed by atoms with E-state index in [0.717, 1.165) is 18.1 Å². The van der Waals surface area contributed by atoms with Crippen LogP contribution in [-0.2, 0) is 22.5 Å². The summed E-state index contributed by atoms with van der Waals surface area (Å²) in [6.07, 6.45) is 0.628. The van der Waals surface area contributed by atoms with Gasteiger partial charge in [-0.1, -0.05) is 5.16 Å². The van der Waals surface area contributed by atoms with Crippen LogP contribution in [0.1, 0.15) is 36.1 Å². The quantitative estimate of drug-likeness (QED) is 0.805. The third-order valence-electron chi connectivity index (χ3n) is 4.31. The molecule has 8 nitrogen and oxygen atoms in total. The fraction of sp³-hybridized carbons (Fsp3) is 0.588. The first-order valence-electron chi connectivity index (χ1n) is 8.41. The first kappa shape index (κ1) is 17.6. The molecule has 0 saturated carbocycles. The van der Waals surface area contributed by atoms with Crippen molar-refractivity contribution in [2.45, 2.75) is 38.8 Å². The number of ether oxygens (including phenoxy) is 1. The number of likely N-dealkylation sites (tertiary alicyclic amines) is 1. The van der Waals surface area contributed by atoms with Gasteiger partial charge in [-0.15, -0.1) is 0 Å². The predicted octanol–water partition coefficient (Wildman–Crippen LogP) is 1.26. The van der Waals surface area contributed by atoms with Crippen LogP contribution in [0.3, 0.4) is 0 Å². The average Bonchev–Trinajstić information content (AvgIpc) is 3.26. The molecule has 1 saturated heterocycles. The summed E-state index contributed by atoms with van der Waals surface area (Å²) in [5, 5.41) is 6.99. The Bertz CT molecular complexity index is 711. The minimum Gasteiger partial charge on any atom is -0.466 e. The van der Waals surface area contributed by atoms with Crippen LogP contribution in [0.4, 0.5) is 0 Å². The molecule has 1 N–H and O–H groups in total. The Balaban J connectivity index is 1.66. The van der Waals surface area contributed by atoms with E-state index in [0.29, 0.717) is 37.8 Å². The molecule has 136 valence electrons. The average molecular weight is 348 g/mol. The maximum Gasteiger partial charge on any atom is 0.240 e. The molecule has 25 heavy (non-hydrogen) atoms. The van der Waals surface area contributed by atoms with Gasteiger partial charge in [0.25, 0.3) is 0 Å². The number of hydrogen-bond acceptors (Lipinski definition) is 7. The zero-order valence-corrected chi connectivity index (χ0v) is 14.8. The van der Waals surface area contributed by atoms with E-state index in [1.165, 1.54) is 6.92 Å². The van der Waals surface area contributed by atoms with Gasteiger partial charge in [0.15, 0.2) is 5.82 Å². The summed E-state index contributed by atoms with van der Waals surface area (Å²) < 4.78 is 16.1. The van der Waals surface area contributed by atoms with Crippen LogP contribution >= 0.6 is 0 Å². The molecule has 1 aliphatic rings. The van der Waals surface area contributed by atoms with Crippen LogP contribution < -0.4 is 5.32 Å². The Hall–Kier alpha value is -2.19. The van der Waals surface area contributed by atoms with Crippen LogP contribution in [0.2, 0.25) is 0 Å². The van der Waals surface area contributed by atoms with Gasteiger partial charge in [-0.3, -0.25) is 9.69 Å². The number of nitrogens with one attached hydrogen (secondary N) is 1. The number of carbonyl (C=O) groups excluding carboxylic acids is 1. The van der Waals surface area contributed by atoms with Crippen molar-refractivity contribution in [1.29, 1.82) is 0 Å². The van der Waals surface area contributed by atoms with E-state index in [9.17, 15) is 4.79 Å². The lowest BCUT2D eigenvalue weighted by atomic mass is 10.0. The third kappa shape index (κ3) is 4.46. The summed E-state index contributed by atoms with van der Waals surface area (Å²) in [5.74, 6) is 3.05. The number of furan rings is 1. The van der Waals surface area contributed by atoms with E-state index in [-0.39, 0.29) is 17.9 Å². The standard InChI is InChI=1S/C17H24N4O4/c1-11-4-5-15(24-11)13-8-21(9-14(13)18-12(2)22)10-17-19-16(20-25-17)6-7-23-3/h4-5,13-14H,6-10H2,1-3H3,(H,18,22)/t13-,14-/m1/s1. The second kappa shape index (κ2) is 7.79. The highest BCUT2D eigenvalue weighted by Crippen LogP contribution is 2.30. The zero-order valence-electron chi connectivity index (χ0n) is 14.8. The molecule has 3 heterocycles. The SMILES string of the molecule is COCCc1noc(CN2C[C@@H](NC(C)=O)[C@H](c3ccc(C)o3)C2)n1. The van der Waals surface area contributed by atoms with Gasteiger partial charge in [0.1, 0.15) is 11.5 Å². The summed E-state index contributed by atoms with van der Waals surface area (Å²) in [7, 11) is 1.64. The van der Waals surface area contributed by atoms with E-state index in [1.54, 1.807) is 7.11 Å². The lowest BCUT2D eigenvalue weighted by molar-refractivity contribution is -0.119. The van der Waals surface area contributed by atoms with E-state index in [2.05, 4.69) is 20.4 Å². The fourth-order valence-corrected chi connectivity index (χ4v) is 3.20. The smallest absolute Gasteiger partial charge is 0.240 e. The molecule has 0 spiro atoms. The van der Waals surface area contributed by atoms with Crippen molar-refractivity contribution < 1.29 is 18.5 Å². The summed E-state index contributed by atoms with van der Waals surface area (Å²) in [4.78, 5) is 18.1. The predicted molar refractivity (Wildman–Crippen MR) is 88.9 cm³/mol. The number of aryl methyl sites for hydroxylation is 1. The minimum absolute atomic E-state index is 0.000988. The first-order chi connectivity index (χ1) is 12.0. The molecule has 0 radical (unpaired) electrons. The topological polar surface area (TPSA) is 93.6 Å². The molecule has 1 amide bonds. The Morgan fingerprint density at radius 1 is 1.44 bits per heavy atom. The van der Waals surface area contributed by atoms with Crippen molar-refractivity contribution >= 4 is 5.91 Å². The molecule has 0 bridgehead atoms. The number of methoxy groups -OCH3 is 1. The highest BCUT2D eigenvalue weighted by Gasteiger charge is 2.36. The lowest BCUT2D eigenvalue weighted by Crippen LogP contribution is -2.38. The van der Waals surface area contributed by atoms with Crippen LogP contribution in [0, 0.1) is 6.92 Å². The Morgan fingerprint density at radius 2 is 2.28 bits per heavy atom. The minimum atomic E-state index is -0.0419. The van der Waals surface area contributed by atoms with Crippen molar-refractivity contribution in [2.75, 3.05) is 26.8 Å². The molecule has 8 heteroatoms. The van der Waals surface area contributed by atoms with Crippen molar-refractivity contribution in [3.05, 3.63) is 35.4 Å². The zero-order chi connectivity index (χ0) is 17.8. The van der Waals surface area contributed by atoms with Crippen LogP contribution in [0.5, 0.6) is 0 Å². The summed E-state index contributed by atoms with van der Waals surface area (Å²) in [6.45, 7) is 6.03. The van der Waals surface area contributed by atoms with Gasteiger partial charge in [-0.05, 0) is 19.1 Å². The van der Waals surface area contributed by atoms with E-state index < -0.39 is 0 Å². The van der Waals surface area contributed by atoms with Crippen molar-refractivity contribution in [2.24, 2.45) is 0 Å². The molecule has 0 aliphatic carbocycles. The van der Waals surface area contributed by atoms with Gasteiger partial charge in [0.05, 0.1) is 25.1 Å². The molecule has 0 aromatic carbocycles. The number of nitrogens with zero attached hydrogens (tertiary/aromatic N) is 3. The Morgan fingerprint density at radius 3 is 2.96 bits per heavy atom. The van der Waals surface area contributed by atoms with Gasteiger partial charge in [-0.2, -0.15) is 4.98 Å². The molecule has 0 unspecified atom stereocenters. The number of rotatable bonds is 7. The van der Waals surface area contributed by atoms with E-state index in [4.69, 9.17) is 13.7 Å². The second-order valence-electron chi connectivity index (χ2n) is 6.40. The highest BCUT2D eigenvalue weighted by molar-refractivity contribution is 5.73. The number of amides is 1. The third-order valence-corrected chi connectivity index (χ3v) is 4.31. The van der Waals surface area contributed by atoms with Crippen LogP contribution in [0.15, 0.2) is 21.1 Å². The summed E-state index contributed by atoms with van der Waals surface area (Å²) >= 11 is 0. The van der Waals surface area contributed by atoms with Crippen LogP contribution in [-0.4, -0.2) is 53.8 Å². The molecule has 2 aromatic rings. The van der Waals surface area contributed by atoms with Gasteiger partial charge >= 0.3 is 0 Å². The van der Waals surface area contributed by atoms with Gasteiger partial charge in [0, 0.05) is 33.5 Å². The normalized spacial score (nSPS) is 20.9. The van der Waals surface area contributed by atoms with Crippen molar-refractivity contribution in [3.8, 4) is 0 Å². The maximum absolute atomic E-state index is 11.5. The molecule has 2 atom stereocenters. The second-order valence-corrected chi connectivity index (χ2v) is 6.40. The van der Waals surface area contributed by atoms with Gasteiger partial charge < -0.3 is 19.0 Å². The number of carbonyl (C=O) groups is 1. The molecule has 1 aliphatic heterocycles. The fourth-order valence-electron chi connectivity index (χ4n) is 3.20. The number of hydrogen-bond donors (Lipinski definition) is 1.